The smallest absolute Gasteiger partial charge is 0.380 e. The summed E-state index contributed by atoms with van der Waals surface area (Å²) < 4.78 is 98.9. The molecule has 0 amide bonds. The lowest BCUT2D eigenvalue weighted by Crippen LogP contribution is -2.48. The van der Waals surface area contributed by atoms with Gasteiger partial charge in [-0.05, 0) is 72.4 Å². The summed E-state index contributed by atoms with van der Waals surface area (Å²) in [6.45, 7) is 12.9. The first kappa shape index (κ1) is 42.3. The van der Waals surface area contributed by atoms with Crippen LogP contribution < -0.4 is 0 Å². The second-order valence-electron chi connectivity index (χ2n) is 15.7. The number of alkyl halides is 6. The molecule has 58 heavy (non-hydrogen) atoms. The van der Waals surface area contributed by atoms with Crippen LogP contribution in [-0.4, -0.2) is 45.7 Å². The summed E-state index contributed by atoms with van der Waals surface area (Å²) in [4.78, 5) is 39.3. The lowest BCUT2D eigenvalue weighted by Gasteiger charge is -2.25. The van der Waals surface area contributed by atoms with Crippen LogP contribution in [0.2, 0.25) is 0 Å². The third-order valence-electron chi connectivity index (χ3n) is 9.41. The van der Waals surface area contributed by atoms with Gasteiger partial charge in [-0.3, -0.25) is 4.79 Å². The second-order valence-corrected chi connectivity index (χ2v) is 22.1. The zero-order valence-corrected chi connectivity index (χ0v) is 36.4. The predicted molar refractivity (Wildman–Crippen MR) is 225 cm³/mol. The molecular formula is C41H32F6O5S6. The minimum Gasteiger partial charge on any atom is -0.477 e. The highest BCUT2D eigenvalue weighted by atomic mass is 32.1. The average Bonchev–Trinajstić information content (AvgIpc) is 3.94. The molecule has 0 saturated heterocycles. The van der Waals surface area contributed by atoms with Gasteiger partial charge in [0.2, 0.25) is 0 Å². The molecular weight excluding hydrogens is 879 g/mol. The van der Waals surface area contributed by atoms with Gasteiger partial charge < -0.3 is 10.2 Å². The number of aromatic carboxylic acids is 2. The zero-order chi connectivity index (χ0) is 42.7. The Morgan fingerprint density at radius 3 is 1.38 bits per heavy atom. The summed E-state index contributed by atoms with van der Waals surface area (Å²) in [6.07, 6.45) is 0. The maximum atomic E-state index is 16.7. The molecule has 17 heteroatoms. The van der Waals surface area contributed by atoms with E-state index in [-0.39, 0.29) is 50.9 Å². The van der Waals surface area contributed by atoms with Crippen LogP contribution >= 0.6 is 68.0 Å². The molecule has 6 aromatic rings. The molecule has 0 aliphatic heterocycles. The normalized spacial score (nSPS) is 16.4. The molecule has 6 heterocycles. The Balaban J connectivity index is 1.60. The summed E-state index contributed by atoms with van der Waals surface area (Å²) in [5.74, 6) is -19.9. The second kappa shape index (κ2) is 14.1. The molecule has 2 N–H and O–H groups in total. The molecule has 0 radical (unpaired) electrons. The molecule has 0 atom stereocenters. The van der Waals surface area contributed by atoms with E-state index in [4.69, 9.17) is 0 Å². The third kappa shape index (κ3) is 6.84. The molecule has 0 aromatic carbocycles. The third-order valence-corrected chi connectivity index (χ3v) is 17.6. The number of Topliss-reactive ketones (excluding diaryl/α,β-unsaturated/α-hetero) is 1. The Labute approximate surface area is 352 Å². The van der Waals surface area contributed by atoms with Crippen LogP contribution in [0.3, 0.4) is 0 Å². The van der Waals surface area contributed by atoms with E-state index in [2.05, 4.69) is 0 Å². The van der Waals surface area contributed by atoms with Crippen LogP contribution in [0, 0.1) is 0 Å². The van der Waals surface area contributed by atoms with Gasteiger partial charge in [-0.1, -0.05) is 41.5 Å². The van der Waals surface area contributed by atoms with Crippen LogP contribution in [0.5, 0.6) is 0 Å². The quantitative estimate of drug-likeness (QED) is 0.111. The number of carbonyl (C=O) groups is 3. The standard InChI is InChI=1S/C41H32F6O5S6/c1-17(48)18-16-29(38(5,6)7)58-32(18)27-15-20(34(57-27)23-9-11-25(54-23)36(51)52)31-30(39(42,43)41(46,47)40(31,44)45)19-14-26(21-12-13-28(55-21)37(2,3)4)56-33(19)22-8-10-24(53-22)35(49)50/h8-16H,1-7H3,(H,49,50)(H,51,52). The van der Waals surface area contributed by atoms with Crippen molar-refractivity contribution in [1.29, 1.82) is 0 Å². The highest BCUT2D eigenvalue weighted by Crippen LogP contribution is 2.68. The molecule has 0 saturated carbocycles. The van der Waals surface area contributed by atoms with Crippen molar-refractivity contribution in [3.63, 3.8) is 0 Å². The molecule has 0 bridgehead atoms. The van der Waals surface area contributed by atoms with Crippen LogP contribution in [-0.2, 0) is 10.8 Å². The number of thiophene rings is 6. The first-order valence-electron chi connectivity index (χ1n) is 17.4. The number of carboxylic acid groups (broad SMARTS) is 2. The average molecular weight is 911 g/mol. The Hall–Kier alpha value is -3.87. The predicted octanol–water partition coefficient (Wildman–Crippen LogP) is 14.7. The van der Waals surface area contributed by atoms with Gasteiger partial charge in [-0.25, -0.2) is 9.59 Å². The molecule has 1 aliphatic rings. The van der Waals surface area contributed by atoms with E-state index in [1.54, 1.807) is 12.1 Å². The Kier molecular flexibility index (Phi) is 10.3. The van der Waals surface area contributed by atoms with E-state index in [0.717, 1.165) is 38.5 Å². The highest BCUT2D eigenvalue weighted by molar-refractivity contribution is 7.28. The molecule has 5 nitrogen and oxygen atoms in total. The summed E-state index contributed by atoms with van der Waals surface area (Å²) in [6, 6.07) is 12.6. The highest BCUT2D eigenvalue weighted by Gasteiger charge is 2.80. The van der Waals surface area contributed by atoms with Gasteiger partial charge in [0.1, 0.15) is 9.75 Å². The molecule has 1 aliphatic carbocycles. The van der Waals surface area contributed by atoms with Crippen molar-refractivity contribution >= 4 is 96.9 Å². The fourth-order valence-electron chi connectivity index (χ4n) is 6.41. The van der Waals surface area contributed by atoms with Gasteiger partial charge >= 0.3 is 29.7 Å². The van der Waals surface area contributed by atoms with Gasteiger partial charge in [-0.15, -0.1) is 68.0 Å². The van der Waals surface area contributed by atoms with E-state index >= 15 is 26.3 Å². The molecule has 7 rings (SSSR count). The number of carboxylic acids is 2. The van der Waals surface area contributed by atoms with E-state index < -0.39 is 57.4 Å². The Morgan fingerprint density at radius 2 is 0.966 bits per heavy atom. The topological polar surface area (TPSA) is 91.7 Å². The number of rotatable bonds is 9. The van der Waals surface area contributed by atoms with Gasteiger partial charge in [0, 0.05) is 62.0 Å². The minimum atomic E-state index is -5.94. The van der Waals surface area contributed by atoms with Crippen LogP contribution in [0.15, 0.2) is 54.6 Å². The van der Waals surface area contributed by atoms with Crippen LogP contribution in [0.25, 0.3) is 50.2 Å². The molecule has 0 fully saturated rings. The number of halogens is 6. The number of ketones is 1. The first-order valence-corrected chi connectivity index (χ1v) is 22.3. The maximum Gasteiger partial charge on any atom is 0.380 e. The molecule has 0 unspecified atom stereocenters. The summed E-state index contributed by atoms with van der Waals surface area (Å²) in [7, 11) is 0. The number of allylic oxidation sites excluding steroid dienone is 2. The molecule has 0 spiro atoms. The lowest BCUT2D eigenvalue weighted by molar-refractivity contribution is -0.254. The van der Waals surface area contributed by atoms with Crippen molar-refractivity contribution in [2.24, 2.45) is 0 Å². The fourth-order valence-corrected chi connectivity index (χ4v) is 13.2. The van der Waals surface area contributed by atoms with Crippen molar-refractivity contribution in [2.45, 2.75) is 77.1 Å². The van der Waals surface area contributed by atoms with Crippen LogP contribution in [0.1, 0.15) is 99.0 Å². The van der Waals surface area contributed by atoms with E-state index in [9.17, 15) is 24.6 Å². The summed E-state index contributed by atoms with van der Waals surface area (Å²) in [5.41, 5.74) is -5.13. The largest absolute Gasteiger partial charge is 0.477 e. The Bertz CT molecular complexity index is 2680. The van der Waals surface area contributed by atoms with E-state index in [1.807, 2.05) is 47.6 Å². The van der Waals surface area contributed by atoms with Crippen molar-refractivity contribution in [3.8, 4) is 39.0 Å². The van der Waals surface area contributed by atoms with Crippen molar-refractivity contribution in [3.05, 3.63) is 90.8 Å². The minimum absolute atomic E-state index is 0.0469. The number of hydrogen-bond donors (Lipinski definition) is 2. The van der Waals surface area contributed by atoms with Gasteiger partial charge in [-0.2, -0.15) is 26.3 Å². The van der Waals surface area contributed by atoms with E-state index in [0.29, 0.717) is 37.3 Å². The SMILES string of the molecule is CC(=O)c1cc(C(C)(C)C)sc1-c1cc(C2=C(c3cc(-c4ccc(C(C)(C)C)s4)sc3-c3ccc(C(=O)O)s3)C(F)(F)C(F)(F)C2(F)F)c(-c2ccc(C(=O)O)s2)s1. The molecule has 6 aromatic heterocycles. The van der Waals surface area contributed by atoms with Gasteiger partial charge in [0.15, 0.2) is 5.78 Å². The first-order chi connectivity index (χ1) is 26.8. The Morgan fingerprint density at radius 1 is 0.517 bits per heavy atom. The van der Waals surface area contributed by atoms with Crippen molar-refractivity contribution in [2.75, 3.05) is 0 Å². The van der Waals surface area contributed by atoms with Gasteiger partial charge in [0.05, 0.1) is 14.6 Å². The van der Waals surface area contributed by atoms with Crippen LogP contribution in [0.4, 0.5) is 26.3 Å². The lowest BCUT2D eigenvalue weighted by atomic mass is 9.93. The summed E-state index contributed by atoms with van der Waals surface area (Å²) >= 11 is 5.54. The van der Waals surface area contributed by atoms with Crippen molar-refractivity contribution in [1.82, 2.24) is 0 Å². The molecule has 304 valence electrons. The maximum absolute atomic E-state index is 16.7. The number of carbonyl (C=O) groups excluding carboxylic acids is 1. The van der Waals surface area contributed by atoms with Gasteiger partial charge in [0.25, 0.3) is 0 Å². The fraction of sp³-hybridized carbons (Fsp3) is 0.293. The summed E-state index contributed by atoms with van der Waals surface area (Å²) in [5, 5.41) is 19.4. The van der Waals surface area contributed by atoms with E-state index in [1.165, 1.54) is 59.9 Å². The zero-order valence-electron chi connectivity index (χ0n) is 31.5. The van der Waals surface area contributed by atoms with Crippen molar-refractivity contribution < 1.29 is 50.9 Å². The number of hydrogen-bond acceptors (Lipinski definition) is 9. The monoisotopic (exact) mass is 910 g/mol.